The first kappa shape index (κ1) is 11.2. The highest BCUT2D eigenvalue weighted by Gasteiger charge is 2.18. The van der Waals surface area contributed by atoms with Gasteiger partial charge in [0.2, 0.25) is 0 Å². The van der Waals surface area contributed by atoms with Crippen LogP contribution in [-0.4, -0.2) is 19.7 Å². The molecule has 16 heavy (non-hydrogen) atoms. The monoisotopic (exact) mass is 281 g/mol. The second-order valence-electron chi connectivity index (χ2n) is 3.31. The molecule has 2 heterocycles. The lowest BCUT2D eigenvalue weighted by Gasteiger charge is -2.13. The fourth-order valence-electron chi connectivity index (χ4n) is 1.56. The van der Waals surface area contributed by atoms with Crippen molar-refractivity contribution in [2.75, 3.05) is 0 Å². The Hall–Kier alpha value is -1.27. The van der Waals surface area contributed by atoms with Gasteiger partial charge in [0, 0.05) is 12.7 Å². The molecular formula is C10H12BrN5. The van der Waals surface area contributed by atoms with Crippen molar-refractivity contribution >= 4 is 15.9 Å². The van der Waals surface area contributed by atoms with Crippen LogP contribution in [0.5, 0.6) is 0 Å². The van der Waals surface area contributed by atoms with Crippen molar-refractivity contribution in [1.82, 2.24) is 19.7 Å². The van der Waals surface area contributed by atoms with Gasteiger partial charge in [0.25, 0.3) is 0 Å². The summed E-state index contributed by atoms with van der Waals surface area (Å²) in [6.45, 7) is 2.80. The number of hydrogen-bond acceptors (Lipinski definition) is 4. The first-order valence-corrected chi connectivity index (χ1v) is 5.76. The van der Waals surface area contributed by atoms with E-state index in [1.165, 1.54) is 6.33 Å². The number of hydrogen-bond donors (Lipinski definition) is 1. The molecule has 0 spiro atoms. The molecule has 0 radical (unpaired) electrons. The van der Waals surface area contributed by atoms with E-state index < -0.39 is 0 Å². The smallest absolute Gasteiger partial charge is 0.115 e. The zero-order valence-corrected chi connectivity index (χ0v) is 10.4. The Morgan fingerprint density at radius 2 is 2.38 bits per heavy atom. The number of nitrogens with two attached hydrogens (primary N) is 1. The fraction of sp³-hybridized carbons (Fsp3) is 0.300. The minimum Gasteiger partial charge on any atom is -0.318 e. The maximum Gasteiger partial charge on any atom is 0.115 e. The molecule has 2 N–H and O–H groups in total. The largest absolute Gasteiger partial charge is 0.318 e. The third-order valence-corrected chi connectivity index (χ3v) is 2.96. The highest BCUT2D eigenvalue weighted by atomic mass is 79.9. The number of aryl methyl sites for hydroxylation is 1. The zero-order valence-electron chi connectivity index (χ0n) is 8.84. The molecule has 0 bridgehead atoms. The molecule has 0 saturated heterocycles. The third kappa shape index (κ3) is 1.98. The Bertz CT molecular complexity index is 467. The Balaban J connectivity index is 2.41. The van der Waals surface area contributed by atoms with Gasteiger partial charge in [-0.05, 0) is 28.9 Å². The van der Waals surface area contributed by atoms with Crippen LogP contribution in [0.4, 0.5) is 0 Å². The quantitative estimate of drug-likeness (QED) is 0.926. The molecule has 0 saturated carbocycles. The van der Waals surface area contributed by atoms with Crippen LogP contribution in [0.2, 0.25) is 0 Å². The van der Waals surface area contributed by atoms with Crippen LogP contribution in [0.25, 0.3) is 0 Å². The average Bonchev–Trinajstić information content (AvgIpc) is 2.70. The third-order valence-electron chi connectivity index (χ3n) is 2.35. The first-order valence-electron chi connectivity index (χ1n) is 4.96. The van der Waals surface area contributed by atoms with Crippen LogP contribution in [0.15, 0.2) is 29.3 Å². The van der Waals surface area contributed by atoms with Crippen LogP contribution >= 0.6 is 15.9 Å². The number of nitrogens with zero attached hydrogens (tertiary/aromatic N) is 4. The molecule has 0 amide bonds. The molecule has 2 aromatic heterocycles. The number of halogens is 1. The van der Waals surface area contributed by atoms with Gasteiger partial charge in [-0.1, -0.05) is 0 Å². The summed E-state index contributed by atoms with van der Waals surface area (Å²) in [5.41, 5.74) is 7.87. The van der Waals surface area contributed by atoms with Crippen molar-refractivity contribution in [3.8, 4) is 0 Å². The maximum atomic E-state index is 6.16. The van der Waals surface area contributed by atoms with Gasteiger partial charge in [-0.25, -0.2) is 9.97 Å². The van der Waals surface area contributed by atoms with E-state index >= 15 is 0 Å². The molecule has 1 unspecified atom stereocenters. The fourth-order valence-corrected chi connectivity index (χ4v) is 2.10. The molecular weight excluding hydrogens is 270 g/mol. The Labute approximate surface area is 102 Å². The van der Waals surface area contributed by atoms with Crippen LogP contribution in [0.3, 0.4) is 0 Å². The molecule has 0 aliphatic heterocycles. The van der Waals surface area contributed by atoms with Gasteiger partial charge in [0.15, 0.2) is 0 Å². The Morgan fingerprint density at radius 1 is 1.56 bits per heavy atom. The lowest BCUT2D eigenvalue weighted by Crippen LogP contribution is -2.18. The van der Waals surface area contributed by atoms with Crippen molar-refractivity contribution in [1.29, 1.82) is 0 Å². The SMILES string of the molecule is CCn1ncc(Br)c1C(N)c1ccncn1. The molecule has 1 atom stereocenters. The van der Waals surface area contributed by atoms with Crippen LogP contribution in [-0.2, 0) is 6.54 Å². The van der Waals surface area contributed by atoms with E-state index in [0.29, 0.717) is 0 Å². The molecule has 5 nitrogen and oxygen atoms in total. The summed E-state index contributed by atoms with van der Waals surface area (Å²) in [6, 6.07) is 1.52. The van der Waals surface area contributed by atoms with E-state index in [4.69, 9.17) is 5.73 Å². The van der Waals surface area contributed by atoms with Crippen molar-refractivity contribution in [3.05, 3.63) is 40.6 Å². The van der Waals surface area contributed by atoms with Crippen molar-refractivity contribution in [2.24, 2.45) is 5.73 Å². The summed E-state index contributed by atoms with van der Waals surface area (Å²) in [5, 5.41) is 4.23. The van der Waals surface area contributed by atoms with Crippen molar-refractivity contribution in [3.63, 3.8) is 0 Å². The molecule has 0 aliphatic rings. The second kappa shape index (κ2) is 4.71. The van der Waals surface area contributed by atoms with E-state index in [-0.39, 0.29) is 6.04 Å². The summed E-state index contributed by atoms with van der Waals surface area (Å²) >= 11 is 3.45. The zero-order chi connectivity index (χ0) is 11.5. The van der Waals surface area contributed by atoms with E-state index in [1.807, 2.05) is 17.7 Å². The van der Waals surface area contributed by atoms with E-state index in [1.54, 1.807) is 12.4 Å². The Morgan fingerprint density at radius 3 is 3.00 bits per heavy atom. The Kier molecular flexibility index (Phi) is 3.31. The molecule has 2 aromatic rings. The van der Waals surface area contributed by atoms with Gasteiger partial charge in [-0.3, -0.25) is 4.68 Å². The van der Waals surface area contributed by atoms with Gasteiger partial charge in [0.05, 0.1) is 28.1 Å². The summed E-state index contributed by atoms with van der Waals surface area (Å²) < 4.78 is 2.76. The maximum absolute atomic E-state index is 6.16. The minimum atomic E-state index is -0.292. The van der Waals surface area contributed by atoms with Crippen LogP contribution < -0.4 is 5.73 Å². The lowest BCUT2D eigenvalue weighted by molar-refractivity contribution is 0.594. The second-order valence-corrected chi connectivity index (χ2v) is 4.16. The normalized spacial score (nSPS) is 12.7. The molecule has 0 aromatic carbocycles. The van der Waals surface area contributed by atoms with Crippen LogP contribution in [0, 0.1) is 0 Å². The van der Waals surface area contributed by atoms with Gasteiger partial charge in [-0.2, -0.15) is 5.10 Å². The average molecular weight is 282 g/mol. The standard InChI is InChI=1S/C10H12BrN5/c1-2-16-10(7(11)5-15-16)9(12)8-3-4-13-6-14-8/h3-6,9H,2,12H2,1H3. The summed E-state index contributed by atoms with van der Waals surface area (Å²) in [4.78, 5) is 8.03. The predicted molar refractivity (Wildman–Crippen MR) is 63.7 cm³/mol. The molecule has 6 heteroatoms. The summed E-state index contributed by atoms with van der Waals surface area (Å²) in [7, 11) is 0. The number of rotatable bonds is 3. The lowest BCUT2D eigenvalue weighted by atomic mass is 10.1. The van der Waals surface area contributed by atoms with E-state index in [2.05, 4.69) is 31.0 Å². The van der Waals surface area contributed by atoms with Crippen molar-refractivity contribution < 1.29 is 0 Å². The van der Waals surface area contributed by atoms with E-state index in [0.717, 1.165) is 22.4 Å². The highest BCUT2D eigenvalue weighted by molar-refractivity contribution is 9.10. The minimum absolute atomic E-state index is 0.292. The number of aromatic nitrogens is 4. The topological polar surface area (TPSA) is 69.6 Å². The van der Waals surface area contributed by atoms with Gasteiger partial charge < -0.3 is 5.73 Å². The molecule has 0 fully saturated rings. The van der Waals surface area contributed by atoms with Crippen LogP contribution in [0.1, 0.15) is 24.4 Å². The predicted octanol–water partition coefficient (Wildman–Crippen LogP) is 1.50. The summed E-state index contributed by atoms with van der Waals surface area (Å²) in [6.07, 6.45) is 4.93. The summed E-state index contributed by atoms with van der Waals surface area (Å²) in [5.74, 6) is 0. The van der Waals surface area contributed by atoms with Gasteiger partial charge >= 0.3 is 0 Å². The molecule has 84 valence electrons. The molecule has 0 aliphatic carbocycles. The molecule has 2 rings (SSSR count). The highest BCUT2D eigenvalue weighted by Crippen LogP contribution is 2.25. The van der Waals surface area contributed by atoms with E-state index in [9.17, 15) is 0 Å². The van der Waals surface area contributed by atoms with Gasteiger partial charge in [0.1, 0.15) is 6.33 Å². The van der Waals surface area contributed by atoms with Crippen molar-refractivity contribution in [2.45, 2.75) is 19.5 Å². The first-order chi connectivity index (χ1) is 7.74. The van der Waals surface area contributed by atoms with Gasteiger partial charge in [-0.15, -0.1) is 0 Å².